The number of alkyl halides is 3. The van der Waals surface area contributed by atoms with E-state index in [2.05, 4.69) is 0 Å². The van der Waals surface area contributed by atoms with E-state index in [9.17, 15) is 18.0 Å². The van der Waals surface area contributed by atoms with Crippen LogP contribution in [-0.4, -0.2) is 12.3 Å². The van der Waals surface area contributed by atoms with Gasteiger partial charge >= 0.3 is 0 Å². The van der Waals surface area contributed by atoms with Crippen LogP contribution >= 0.6 is 12.4 Å². The zero-order chi connectivity index (χ0) is 10.7. The van der Waals surface area contributed by atoms with E-state index >= 15 is 0 Å². The minimum absolute atomic E-state index is 0. The first-order valence-electron chi connectivity index (χ1n) is 3.85. The van der Waals surface area contributed by atoms with Gasteiger partial charge in [-0.2, -0.15) is 0 Å². The fourth-order valence-corrected chi connectivity index (χ4v) is 1.10. The van der Waals surface area contributed by atoms with Gasteiger partial charge < -0.3 is 5.73 Å². The Bertz CT molecular complexity index is 346. The van der Waals surface area contributed by atoms with E-state index in [1.54, 1.807) is 0 Å². The molecule has 0 radical (unpaired) electrons. The molecule has 0 spiro atoms. The largest absolute Gasteiger partial charge is 0.366 e. The van der Waals surface area contributed by atoms with Gasteiger partial charge in [0, 0.05) is 11.1 Å². The van der Waals surface area contributed by atoms with Crippen LogP contribution in [0.15, 0.2) is 24.3 Å². The highest BCUT2D eigenvalue weighted by Gasteiger charge is 2.25. The van der Waals surface area contributed by atoms with Crippen molar-refractivity contribution in [1.29, 1.82) is 0 Å². The number of amides is 1. The van der Waals surface area contributed by atoms with Crippen LogP contribution in [0.4, 0.5) is 13.2 Å². The third-order valence-electron chi connectivity index (χ3n) is 1.74. The maximum Gasteiger partial charge on any atom is 0.273 e. The standard InChI is InChI=1S/C9H8F3NO.ClH/c10-7(8(11)12)5-3-1-2-4-6(5)9(13)14;/h1-4,7-8H,(H2,13,14);1H. The molecule has 0 aromatic heterocycles. The van der Waals surface area contributed by atoms with E-state index in [0.717, 1.165) is 6.07 Å². The molecule has 0 fully saturated rings. The number of benzene rings is 1. The highest BCUT2D eigenvalue weighted by Crippen LogP contribution is 2.27. The predicted octanol–water partition coefficient (Wildman–Crippen LogP) is 2.48. The van der Waals surface area contributed by atoms with E-state index in [4.69, 9.17) is 5.73 Å². The van der Waals surface area contributed by atoms with Crippen LogP contribution in [0.5, 0.6) is 0 Å². The Labute approximate surface area is 90.7 Å². The first kappa shape index (κ1) is 13.8. The third-order valence-corrected chi connectivity index (χ3v) is 1.74. The Balaban J connectivity index is 0.00000196. The fourth-order valence-electron chi connectivity index (χ4n) is 1.10. The molecule has 84 valence electrons. The second-order valence-corrected chi connectivity index (χ2v) is 2.69. The Morgan fingerprint density at radius 2 is 1.73 bits per heavy atom. The van der Waals surface area contributed by atoms with Crippen molar-refractivity contribution >= 4 is 18.3 Å². The van der Waals surface area contributed by atoms with E-state index < -0.39 is 18.5 Å². The smallest absolute Gasteiger partial charge is 0.273 e. The Morgan fingerprint density at radius 1 is 1.20 bits per heavy atom. The monoisotopic (exact) mass is 239 g/mol. The lowest BCUT2D eigenvalue weighted by atomic mass is 10.0. The SMILES string of the molecule is Cl.NC(=O)c1ccccc1C(F)C(F)F. The van der Waals surface area contributed by atoms with Crippen LogP contribution in [-0.2, 0) is 0 Å². The third kappa shape index (κ3) is 3.13. The van der Waals surface area contributed by atoms with Gasteiger partial charge in [0.25, 0.3) is 6.43 Å². The fraction of sp³-hybridized carbons (Fsp3) is 0.222. The molecule has 0 aliphatic rings. The van der Waals surface area contributed by atoms with Crippen LogP contribution in [0.1, 0.15) is 22.1 Å². The van der Waals surface area contributed by atoms with Gasteiger partial charge in [-0.15, -0.1) is 12.4 Å². The van der Waals surface area contributed by atoms with Crippen LogP contribution in [0.25, 0.3) is 0 Å². The molecule has 1 aromatic carbocycles. The van der Waals surface area contributed by atoms with E-state index in [1.165, 1.54) is 18.2 Å². The zero-order valence-corrected chi connectivity index (χ0v) is 8.31. The molecule has 0 heterocycles. The minimum atomic E-state index is -3.16. The van der Waals surface area contributed by atoms with Crippen molar-refractivity contribution in [2.24, 2.45) is 5.73 Å². The molecule has 6 heteroatoms. The molecular weight excluding hydrogens is 231 g/mol. The van der Waals surface area contributed by atoms with Crippen molar-refractivity contribution in [3.8, 4) is 0 Å². The lowest BCUT2D eigenvalue weighted by Crippen LogP contribution is -2.16. The molecule has 1 atom stereocenters. The Kier molecular flexibility index (Phi) is 5.14. The van der Waals surface area contributed by atoms with Gasteiger partial charge in [0.2, 0.25) is 5.91 Å². The topological polar surface area (TPSA) is 43.1 Å². The summed E-state index contributed by atoms with van der Waals surface area (Å²) in [5.74, 6) is -0.913. The average molecular weight is 240 g/mol. The highest BCUT2D eigenvalue weighted by atomic mass is 35.5. The predicted molar refractivity (Wildman–Crippen MR) is 52.1 cm³/mol. The van der Waals surface area contributed by atoms with E-state index in [-0.39, 0.29) is 23.5 Å². The summed E-state index contributed by atoms with van der Waals surface area (Å²) >= 11 is 0. The van der Waals surface area contributed by atoms with Crippen molar-refractivity contribution in [3.63, 3.8) is 0 Å². The summed E-state index contributed by atoms with van der Waals surface area (Å²) in [6.07, 6.45) is -5.63. The number of carbonyl (C=O) groups excluding carboxylic acids is 1. The maximum atomic E-state index is 12.9. The summed E-state index contributed by atoms with van der Waals surface area (Å²) < 4.78 is 37.0. The molecule has 1 unspecified atom stereocenters. The molecule has 0 bridgehead atoms. The summed E-state index contributed by atoms with van der Waals surface area (Å²) in [4.78, 5) is 10.8. The summed E-state index contributed by atoms with van der Waals surface area (Å²) in [6.45, 7) is 0. The summed E-state index contributed by atoms with van der Waals surface area (Å²) in [5, 5.41) is 0. The van der Waals surface area contributed by atoms with Gasteiger partial charge in [0.15, 0.2) is 6.17 Å². The summed E-state index contributed by atoms with van der Waals surface area (Å²) in [6, 6.07) is 5.14. The number of hydrogen-bond acceptors (Lipinski definition) is 1. The summed E-state index contributed by atoms with van der Waals surface area (Å²) in [5.41, 5.74) is 4.33. The zero-order valence-electron chi connectivity index (χ0n) is 7.49. The minimum Gasteiger partial charge on any atom is -0.366 e. The molecule has 2 nitrogen and oxygen atoms in total. The van der Waals surface area contributed by atoms with Crippen molar-refractivity contribution in [2.75, 3.05) is 0 Å². The van der Waals surface area contributed by atoms with Gasteiger partial charge in [-0.3, -0.25) is 4.79 Å². The van der Waals surface area contributed by atoms with Crippen molar-refractivity contribution < 1.29 is 18.0 Å². The molecule has 0 aliphatic heterocycles. The second kappa shape index (κ2) is 5.60. The Morgan fingerprint density at radius 3 is 2.20 bits per heavy atom. The van der Waals surface area contributed by atoms with Crippen molar-refractivity contribution in [2.45, 2.75) is 12.6 Å². The normalized spacial score (nSPS) is 12.0. The van der Waals surface area contributed by atoms with E-state index in [1.807, 2.05) is 0 Å². The summed E-state index contributed by atoms with van der Waals surface area (Å²) in [7, 11) is 0. The van der Waals surface area contributed by atoms with Crippen molar-refractivity contribution in [3.05, 3.63) is 35.4 Å². The molecule has 1 rings (SSSR count). The number of carbonyl (C=O) groups is 1. The molecule has 2 N–H and O–H groups in total. The maximum absolute atomic E-state index is 12.9. The molecule has 1 aromatic rings. The van der Waals surface area contributed by atoms with Gasteiger partial charge in [-0.05, 0) is 6.07 Å². The lowest BCUT2D eigenvalue weighted by molar-refractivity contribution is 0.0490. The quantitative estimate of drug-likeness (QED) is 0.865. The average Bonchev–Trinajstić information content (AvgIpc) is 2.16. The van der Waals surface area contributed by atoms with Crippen LogP contribution in [0.3, 0.4) is 0 Å². The second-order valence-electron chi connectivity index (χ2n) is 2.69. The molecular formula is C9H9ClF3NO. The number of rotatable bonds is 3. The van der Waals surface area contributed by atoms with Crippen molar-refractivity contribution in [1.82, 2.24) is 0 Å². The molecule has 0 saturated heterocycles. The highest BCUT2D eigenvalue weighted by molar-refractivity contribution is 5.94. The first-order chi connectivity index (χ1) is 6.54. The van der Waals surface area contributed by atoms with Gasteiger partial charge in [0.05, 0.1) is 0 Å². The van der Waals surface area contributed by atoms with Gasteiger partial charge in [-0.1, -0.05) is 18.2 Å². The van der Waals surface area contributed by atoms with Crippen LogP contribution in [0, 0.1) is 0 Å². The number of nitrogens with two attached hydrogens (primary N) is 1. The number of hydrogen-bond donors (Lipinski definition) is 1. The molecule has 1 amide bonds. The van der Waals surface area contributed by atoms with Crippen LogP contribution < -0.4 is 5.73 Å². The first-order valence-corrected chi connectivity index (χ1v) is 3.85. The van der Waals surface area contributed by atoms with Gasteiger partial charge in [-0.25, -0.2) is 13.2 Å². The number of halogens is 4. The van der Waals surface area contributed by atoms with Crippen LogP contribution in [0.2, 0.25) is 0 Å². The van der Waals surface area contributed by atoms with E-state index in [0.29, 0.717) is 0 Å². The molecule has 15 heavy (non-hydrogen) atoms. The number of primary amides is 1. The van der Waals surface area contributed by atoms with Gasteiger partial charge in [0.1, 0.15) is 0 Å². The lowest BCUT2D eigenvalue weighted by Gasteiger charge is -2.10. The molecule has 0 saturated carbocycles. The Hall–Kier alpha value is -1.23. The molecule has 0 aliphatic carbocycles.